The molecule has 0 radical (unpaired) electrons. The molecule has 5 nitrogen and oxygen atoms in total. The molecular formula is C21H21F3N4O. The van der Waals surface area contributed by atoms with Crippen LogP contribution in [0, 0.1) is 12.3 Å². The van der Waals surface area contributed by atoms with Gasteiger partial charge >= 0.3 is 6.18 Å². The van der Waals surface area contributed by atoms with Crippen LogP contribution >= 0.6 is 0 Å². The number of carbonyl (C=O) groups excluding carboxylic acids is 1. The van der Waals surface area contributed by atoms with E-state index in [2.05, 4.69) is 23.9 Å². The number of fused-ring (bicyclic) bond motifs is 1. The molecular weight excluding hydrogens is 381 g/mol. The van der Waals surface area contributed by atoms with Crippen LogP contribution in [0.5, 0.6) is 0 Å². The zero-order chi connectivity index (χ0) is 21.0. The highest BCUT2D eigenvalue weighted by molar-refractivity contribution is 6.00. The van der Waals surface area contributed by atoms with Crippen LogP contribution in [-0.2, 0) is 6.18 Å². The highest BCUT2D eigenvalue weighted by Gasteiger charge is 2.43. The number of aromatic nitrogens is 3. The Kier molecular flexibility index (Phi) is 4.40. The molecule has 1 aliphatic heterocycles. The molecule has 0 unspecified atom stereocenters. The van der Waals surface area contributed by atoms with Crippen LogP contribution in [-0.4, -0.2) is 38.5 Å². The predicted molar refractivity (Wildman–Crippen MR) is 102 cm³/mol. The monoisotopic (exact) mass is 402 g/mol. The van der Waals surface area contributed by atoms with Gasteiger partial charge in [-0.25, -0.2) is 9.50 Å². The summed E-state index contributed by atoms with van der Waals surface area (Å²) >= 11 is 0. The van der Waals surface area contributed by atoms with Gasteiger partial charge in [0.05, 0.1) is 6.20 Å². The van der Waals surface area contributed by atoms with Crippen molar-refractivity contribution in [2.75, 3.05) is 13.1 Å². The Labute approximate surface area is 166 Å². The summed E-state index contributed by atoms with van der Waals surface area (Å²) in [6.45, 7) is 6.66. The lowest BCUT2D eigenvalue weighted by molar-refractivity contribution is -0.142. The molecule has 4 rings (SSSR count). The molecule has 1 saturated heterocycles. The largest absolute Gasteiger partial charge is 0.433 e. The number of hydrogen-bond donors (Lipinski definition) is 0. The Morgan fingerprint density at radius 3 is 2.55 bits per heavy atom. The summed E-state index contributed by atoms with van der Waals surface area (Å²) in [7, 11) is 0. The Morgan fingerprint density at radius 2 is 1.90 bits per heavy atom. The number of hydrogen-bond acceptors (Lipinski definition) is 3. The van der Waals surface area contributed by atoms with Crippen molar-refractivity contribution in [2.45, 2.75) is 32.9 Å². The molecule has 1 aliphatic rings. The summed E-state index contributed by atoms with van der Waals surface area (Å²) in [6.07, 6.45) is -3.41. The number of rotatable bonds is 2. The summed E-state index contributed by atoms with van der Waals surface area (Å²) in [6, 6.07) is 10.9. The number of benzene rings is 1. The lowest BCUT2D eigenvalue weighted by Gasteiger charge is -2.25. The van der Waals surface area contributed by atoms with E-state index >= 15 is 0 Å². The summed E-state index contributed by atoms with van der Waals surface area (Å²) in [5.41, 5.74) is 0.236. The van der Waals surface area contributed by atoms with E-state index in [9.17, 15) is 18.0 Å². The first-order chi connectivity index (χ1) is 13.6. The van der Waals surface area contributed by atoms with E-state index in [1.165, 1.54) is 13.1 Å². The Hall–Kier alpha value is -2.90. The molecule has 0 aliphatic carbocycles. The van der Waals surface area contributed by atoms with E-state index in [0.717, 1.165) is 11.6 Å². The van der Waals surface area contributed by atoms with Crippen LogP contribution in [0.2, 0.25) is 0 Å². The maximum absolute atomic E-state index is 13.4. The van der Waals surface area contributed by atoms with Crippen molar-refractivity contribution in [2.24, 2.45) is 5.41 Å². The average molecular weight is 402 g/mol. The lowest BCUT2D eigenvalue weighted by Crippen LogP contribution is -2.30. The van der Waals surface area contributed by atoms with Gasteiger partial charge < -0.3 is 4.90 Å². The second-order valence-electron chi connectivity index (χ2n) is 8.21. The Balaban J connectivity index is 1.71. The maximum Gasteiger partial charge on any atom is 0.433 e. The van der Waals surface area contributed by atoms with Crippen molar-refractivity contribution in [3.63, 3.8) is 0 Å². The summed E-state index contributed by atoms with van der Waals surface area (Å²) in [5, 5.41) is 3.82. The average Bonchev–Trinajstić information content (AvgIpc) is 3.20. The third-order valence-corrected chi connectivity index (χ3v) is 5.55. The minimum Gasteiger partial charge on any atom is -0.337 e. The second kappa shape index (κ2) is 6.57. The van der Waals surface area contributed by atoms with Gasteiger partial charge in [-0.1, -0.05) is 44.2 Å². The molecule has 1 amide bonds. The van der Waals surface area contributed by atoms with E-state index in [4.69, 9.17) is 0 Å². The zero-order valence-electron chi connectivity index (χ0n) is 16.4. The molecule has 8 heteroatoms. The predicted octanol–water partition coefficient (Wildman–Crippen LogP) is 4.32. The van der Waals surface area contributed by atoms with Crippen LogP contribution < -0.4 is 0 Å². The van der Waals surface area contributed by atoms with E-state index in [1.807, 2.05) is 30.3 Å². The highest BCUT2D eigenvalue weighted by atomic mass is 19.4. The molecule has 0 saturated carbocycles. The molecule has 29 heavy (non-hydrogen) atoms. The van der Waals surface area contributed by atoms with Crippen LogP contribution in [0.25, 0.3) is 5.65 Å². The van der Waals surface area contributed by atoms with E-state index < -0.39 is 11.9 Å². The lowest BCUT2D eigenvalue weighted by atomic mass is 9.78. The quantitative estimate of drug-likeness (QED) is 0.641. The van der Waals surface area contributed by atoms with E-state index in [0.29, 0.717) is 17.6 Å². The fourth-order valence-corrected chi connectivity index (χ4v) is 4.14. The van der Waals surface area contributed by atoms with E-state index in [-0.39, 0.29) is 34.1 Å². The molecule has 2 aromatic heterocycles. The first-order valence-corrected chi connectivity index (χ1v) is 9.35. The van der Waals surface area contributed by atoms with Gasteiger partial charge in [-0.3, -0.25) is 4.79 Å². The van der Waals surface area contributed by atoms with Crippen LogP contribution in [0.3, 0.4) is 0 Å². The van der Waals surface area contributed by atoms with Crippen LogP contribution in [0.1, 0.15) is 47.1 Å². The topological polar surface area (TPSA) is 50.5 Å². The Bertz CT molecular complexity index is 1070. The van der Waals surface area contributed by atoms with Gasteiger partial charge in [-0.15, -0.1) is 0 Å². The molecule has 3 aromatic rings. The highest BCUT2D eigenvalue weighted by Crippen LogP contribution is 2.42. The zero-order valence-corrected chi connectivity index (χ0v) is 16.4. The van der Waals surface area contributed by atoms with Gasteiger partial charge in [0.15, 0.2) is 5.65 Å². The number of carbonyl (C=O) groups is 1. The first kappa shape index (κ1) is 19.4. The number of likely N-dealkylation sites (tertiary alicyclic amines) is 1. The van der Waals surface area contributed by atoms with Gasteiger partial charge in [0, 0.05) is 24.7 Å². The molecule has 0 bridgehead atoms. The number of alkyl halides is 3. The van der Waals surface area contributed by atoms with E-state index in [1.54, 1.807) is 4.90 Å². The number of nitrogens with zero attached hydrogens (tertiary/aromatic N) is 4. The SMILES string of the molecule is Cc1cc(C(F)(F)F)n2ncc(C(=O)N3C[C@@H](c4ccccc4)C(C)(C)C3)c2n1. The maximum atomic E-state index is 13.4. The smallest absolute Gasteiger partial charge is 0.337 e. The molecule has 1 aromatic carbocycles. The fourth-order valence-electron chi connectivity index (χ4n) is 4.14. The Morgan fingerprint density at radius 1 is 1.21 bits per heavy atom. The first-order valence-electron chi connectivity index (χ1n) is 9.35. The van der Waals surface area contributed by atoms with Crippen molar-refractivity contribution in [3.05, 3.63) is 65.1 Å². The van der Waals surface area contributed by atoms with Crippen molar-refractivity contribution < 1.29 is 18.0 Å². The van der Waals surface area contributed by atoms with Crippen molar-refractivity contribution in [1.82, 2.24) is 19.5 Å². The molecule has 0 spiro atoms. The number of aryl methyl sites for hydroxylation is 1. The van der Waals surface area contributed by atoms with Crippen LogP contribution in [0.4, 0.5) is 13.2 Å². The van der Waals surface area contributed by atoms with Gasteiger partial charge in [0.1, 0.15) is 11.3 Å². The number of halogens is 3. The molecule has 1 fully saturated rings. The second-order valence-corrected chi connectivity index (χ2v) is 8.21. The van der Waals surface area contributed by atoms with Crippen molar-refractivity contribution in [1.29, 1.82) is 0 Å². The van der Waals surface area contributed by atoms with Crippen molar-refractivity contribution in [3.8, 4) is 0 Å². The minimum atomic E-state index is -4.59. The van der Waals surface area contributed by atoms with Crippen molar-refractivity contribution >= 4 is 11.6 Å². The third-order valence-electron chi connectivity index (χ3n) is 5.55. The summed E-state index contributed by atoms with van der Waals surface area (Å²) in [5.74, 6) is -0.215. The summed E-state index contributed by atoms with van der Waals surface area (Å²) < 4.78 is 40.8. The summed E-state index contributed by atoms with van der Waals surface area (Å²) in [4.78, 5) is 19.1. The van der Waals surface area contributed by atoms with Gasteiger partial charge in [-0.2, -0.15) is 18.3 Å². The van der Waals surface area contributed by atoms with Gasteiger partial charge in [-0.05, 0) is 24.0 Å². The molecule has 3 heterocycles. The fraction of sp³-hybridized carbons (Fsp3) is 0.381. The third kappa shape index (κ3) is 3.36. The molecule has 152 valence electrons. The minimum absolute atomic E-state index is 0.0664. The number of amides is 1. The van der Waals surface area contributed by atoms with Gasteiger partial charge in [0.25, 0.3) is 5.91 Å². The normalized spacial score (nSPS) is 19.1. The molecule has 0 N–H and O–H groups in total. The van der Waals surface area contributed by atoms with Crippen LogP contribution in [0.15, 0.2) is 42.6 Å². The standard InChI is InChI=1S/C21H21F3N4O/c1-13-9-17(21(22,23)24)28-18(26-13)15(10-25-28)19(29)27-11-16(20(2,3)12-27)14-7-5-4-6-8-14/h4-10,16H,11-12H2,1-3H3/t16-/m0/s1. The van der Waals surface area contributed by atoms with Gasteiger partial charge in [0.2, 0.25) is 0 Å². The molecule has 1 atom stereocenters.